The summed E-state index contributed by atoms with van der Waals surface area (Å²) in [6, 6.07) is 84.7. The van der Waals surface area contributed by atoms with Crippen LogP contribution in [-0.2, 0) is 5.41 Å². The minimum atomic E-state index is -2.81. The molecule has 2 aromatic heterocycles. The molecule has 11 aromatic rings. The minimum absolute atomic E-state index is 0.0517. The second-order valence-electron chi connectivity index (χ2n) is 19.1. The van der Waals surface area contributed by atoms with Crippen LogP contribution in [0, 0.1) is 0 Å². The molecule has 0 amide bonds. The van der Waals surface area contributed by atoms with Crippen LogP contribution in [0.2, 0.25) is 0 Å². The van der Waals surface area contributed by atoms with E-state index < -0.39 is 8.07 Å². The van der Waals surface area contributed by atoms with Crippen LogP contribution in [0.25, 0.3) is 55.0 Å². The van der Waals surface area contributed by atoms with E-state index in [2.05, 4.69) is 252 Å². The quantitative estimate of drug-likeness (QED) is 0.115. The van der Waals surface area contributed by atoms with Crippen molar-refractivity contribution in [2.24, 2.45) is 0 Å². The zero-order valence-corrected chi connectivity index (χ0v) is 38.5. The molecule has 0 saturated heterocycles. The van der Waals surface area contributed by atoms with Gasteiger partial charge in [-0.05, 0) is 107 Å². The Hall–Kier alpha value is -7.40. The number of benzene rings is 9. The maximum atomic E-state index is 2.73. The lowest BCUT2D eigenvalue weighted by molar-refractivity contribution is 0.195. The predicted octanol–water partition coefficient (Wildman–Crippen LogP) is 13.0. The van der Waals surface area contributed by atoms with Gasteiger partial charge in [-0.1, -0.05) is 184 Å². The molecule has 1 aliphatic carbocycles. The van der Waals surface area contributed by atoms with Gasteiger partial charge in [0.05, 0.1) is 27.6 Å². The molecule has 1 aliphatic heterocycles. The minimum Gasteiger partial charge on any atom is -0.334 e. The van der Waals surface area contributed by atoms with E-state index in [1.807, 2.05) is 0 Å². The molecule has 318 valence electrons. The first-order valence-electron chi connectivity index (χ1n) is 23.7. The van der Waals surface area contributed by atoms with Crippen LogP contribution in [-0.4, -0.2) is 22.7 Å². The summed E-state index contributed by atoms with van der Waals surface area (Å²) in [7, 11) is -2.81. The van der Waals surface area contributed by atoms with Gasteiger partial charge in [0.25, 0.3) is 0 Å². The largest absolute Gasteiger partial charge is 0.334 e. The molecule has 13 rings (SSSR count). The van der Waals surface area contributed by atoms with Gasteiger partial charge in [0.15, 0.2) is 8.07 Å². The van der Waals surface area contributed by atoms with Crippen LogP contribution in [0.3, 0.4) is 0 Å². The number of anilines is 2. The standard InChI is InChI=1S/C62H51N3Si/c1-61-40-19-20-41-62(61,2)65(57-35-18-16-33-54(57)61)46-36-38-56-53(43-46)59-58(39-37-52-51-32-15-17-34-55(51)64(60(52)59)44-22-7-3-8-23-44)63(56)45-24-21-31-50(42-45)66(47-25-9-4-10-26-47,48-27-11-5-12-28-48)49-29-13-6-14-30-49/h3-18,21-39,42-43H,19-20,40-41H2,1-2H3. The van der Waals surface area contributed by atoms with Gasteiger partial charge >= 0.3 is 0 Å². The van der Waals surface area contributed by atoms with Crippen LogP contribution in [0.5, 0.6) is 0 Å². The number of rotatable bonds is 7. The number of para-hydroxylation sites is 3. The van der Waals surface area contributed by atoms with Crippen LogP contribution in [0.1, 0.15) is 45.1 Å². The summed E-state index contributed by atoms with van der Waals surface area (Å²) in [6.45, 7) is 5.08. The molecule has 1 fully saturated rings. The lowest BCUT2D eigenvalue weighted by atomic mass is 9.61. The van der Waals surface area contributed by atoms with E-state index in [1.54, 1.807) is 0 Å². The summed E-state index contributed by atoms with van der Waals surface area (Å²) in [5.74, 6) is 0. The third-order valence-electron chi connectivity index (χ3n) is 16.0. The van der Waals surface area contributed by atoms with E-state index in [1.165, 1.54) is 112 Å². The van der Waals surface area contributed by atoms with Gasteiger partial charge in [0.2, 0.25) is 0 Å². The fourth-order valence-corrected chi connectivity index (χ4v) is 17.6. The smallest absolute Gasteiger partial charge is 0.179 e. The fraction of sp³-hybridized carbons (Fsp3) is 0.129. The molecule has 3 nitrogen and oxygen atoms in total. The van der Waals surface area contributed by atoms with Crippen molar-refractivity contribution in [1.29, 1.82) is 0 Å². The summed E-state index contributed by atoms with van der Waals surface area (Å²) in [5.41, 5.74) is 11.3. The Kier molecular flexibility index (Phi) is 8.75. The Balaban J connectivity index is 1.14. The molecule has 2 atom stereocenters. The van der Waals surface area contributed by atoms with E-state index in [-0.39, 0.29) is 11.0 Å². The monoisotopic (exact) mass is 865 g/mol. The first-order chi connectivity index (χ1) is 32.5. The highest BCUT2D eigenvalue weighted by Crippen LogP contribution is 2.61. The van der Waals surface area contributed by atoms with Gasteiger partial charge in [-0.15, -0.1) is 0 Å². The molecule has 66 heavy (non-hydrogen) atoms. The van der Waals surface area contributed by atoms with Crippen LogP contribution in [0.15, 0.2) is 224 Å². The van der Waals surface area contributed by atoms with Crippen molar-refractivity contribution in [3.05, 3.63) is 230 Å². The normalized spacial score (nSPS) is 18.3. The van der Waals surface area contributed by atoms with Gasteiger partial charge in [0.1, 0.15) is 0 Å². The lowest BCUT2D eigenvalue weighted by Gasteiger charge is -2.50. The van der Waals surface area contributed by atoms with E-state index in [0.29, 0.717) is 0 Å². The van der Waals surface area contributed by atoms with Crippen LogP contribution < -0.4 is 25.6 Å². The molecular formula is C62H51N3Si. The predicted molar refractivity (Wildman–Crippen MR) is 282 cm³/mol. The summed E-state index contributed by atoms with van der Waals surface area (Å²) in [6.07, 6.45) is 4.87. The van der Waals surface area contributed by atoms with Crippen molar-refractivity contribution in [2.75, 3.05) is 4.90 Å². The van der Waals surface area contributed by atoms with Gasteiger partial charge in [-0.25, -0.2) is 0 Å². The topological polar surface area (TPSA) is 13.1 Å². The average molecular weight is 866 g/mol. The summed E-state index contributed by atoms with van der Waals surface area (Å²) < 4.78 is 5.08. The van der Waals surface area contributed by atoms with Gasteiger partial charge in [0, 0.05) is 49.7 Å². The highest BCUT2D eigenvalue weighted by Gasteiger charge is 2.57. The maximum Gasteiger partial charge on any atom is 0.179 e. The first kappa shape index (κ1) is 39.0. The number of aromatic nitrogens is 2. The molecule has 4 heteroatoms. The summed E-state index contributed by atoms with van der Waals surface area (Å²) >= 11 is 0. The number of hydrogen-bond acceptors (Lipinski definition) is 1. The fourth-order valence-electron chi connectivity index (χ4n) is 12.9. The van der Waals surface area contributed by atoms with Gasteiger partial charge in [-0.2, -0.15) is 0 Å². The number of hydrogen-bond donors (Lipinski definition) is 0. The molecule has 0 radical (unpaired) electrons. The van der Waals surface area contributed by atoms with Crippen LogP contribution in [0.4, 0.5) is 11.4 Å². The first-order valence-corrected chi connectivity index (χ1v) is 25.7. The van der Waals surface area contributed by atoms with Gasteiger partial charge < -0.3 is 14.0 Å². The molecule has 0 bridgehead atoms. The number of nitrogens with zero attached hydrogens (tertiary/aromatic N) is 3. The van der Waals surface area contributed by atoms with Crippen molar-refractivity contribution in [3.8, 4) is 11.4 Å². The second-order valence-corrected chi connectivity index (χ2v) is 23.0. The highest BCUT2D eigenvalue weighted by molar-refractivity contribution is 7.19. The number of fused-ring (bicyclic) bond motifs is 10. The molecular weight excluding hydrogens is 815 g/mol. The Morgan fingerprint density at radius 3 is 1.67 bits per heavy atom. The Morgan fingerprint density at radius 1 is 0.394 bits per heavy atom. The lowest BCUT2D eigenvalue weighted by Crippen LogP contribution is -2.74. The third kappa shape index (κ3) is 5.36. The third-order valence-corrected chi connectivity index (χ3v) is 20.8. The van der Waals surface area contributed by atoms with Crippen molar-refractivity contribution in [2.45, 2.75) is 50.5 Å². The van der Waals surface area contributed by atoms with E-state index >= 15 is 0 Å². The second kappa shape index (κ2) is 14.8. The van der Waals surface area contributed by atoms with E-state index in [0.717, 1.165) is 6.42 Å². The molecule has 9 aromatic carbocycles. The van der Waals surface area contributed by atoms with Crippen LogP contribution >= 0.6 is 0 Å². The van der Waals surface area contributed by atoms with Crippen molar-refractivity contribution < 1.29 is 0 Å². The summed E-state index contributed by atoms with van der Waals surface area (Å²) in [4.78, 5) is 2.73. The zero-order chi connectivity index (χ0) is 44.0. The molecule has 2 unspecified atom stereocenters. The van der Waals surface area contributed by atoms with E-state index in [9.17, 15) is 0 Å². The SMILES string of the molecule is CC12CCCCC1(C)N(c1ccc3c(c1)c1c(ccc4c5ccccc5n(-c5ccccc5)c41)n3-c1cccc([Si](c3ccccc3)(c3ccccc3)c3ccccc3)c1)c1ccccc12. The zero-order valence-electron chi connectivity index (χ0n) is 37.5. The maximum absolute atomic E-state index is 2.81. The van der Waals surface area contributed by atoms with E-state index in [4.69, 9.17) is 0 Å². The average Bonchev–Trinajstić information content (AvgIpc) is 3.96. The Morgan fingerprint density at radius 2 is 0.955 bits per heavy atom. The van der Waals surface area contributed by atoms with Crippen molar-refractivity contribution >= 4 is 83.8 Å². The molecule has 3 heterocycles. The van der Waals surface area contributed by atoms with Gasteiger partial charge in [-0.3, -0.25) is 0 Å². The van der Waals surface area contributed by atoms with Crippen molar-refractivity contribution in [1.82, 2.24) is 9.13 Å². The molecule has 0 spiro atoms. The van der Waals surface area contributed by atoms with Crippen molar-refractivity contribution in [3.63, 3.8) is 0 Å². The summed E-state index contributed by atoms with van der Waals surface area (Å²) in [5, 5.41) is 10.5. The Bertz CT molecular complexity index is 3530. The Labute approximate surface area is 387 Å². The molecule has 0 N–H and O–H groups in total. The molecule has 1 saturated carbocycles. The molecule has 2 aliphatic rings. The highest BCUT2D eigenvalue weighted by atomic mass is 28.3.